The van der Waals surface area contributed by atoms with Gasteiger partial charge in [-0.15, -0.1) is 11.3 Å². The fraction of sp³-hybridized carbons (Fsp3) is 0.593. The SMILES string of the molecule is C/C1=C/CC(/C(C)=C/c2csc(C)n2)OC(=O)C[C@H](O)C(C)(C)C(=O)[C@H](C)[C@@H](O)[C@@H](C)/C=C\C1. The molecule has 0 fully saturated rings. The highest BCUT2D eigenvalue weighted by Crippen LogP contribution is 2.31. The molecule has 1 unspecified atom stereocenters. The number of aryl methyl sites for hydroxylation is 1. The lowest BCUT2D eigenvalue weighted by atomic mass is 9.73. The van der Waals surface area contributed by atoms with Crippen molar-refractivity contribution in [3.05, 3.63) is 45.5 Å². The molecule has 0 saturated heterocycles. The van der Waals surface area contributed by atoms with Crippen LogP contribution in [-0.4, -0.2) is 45.3 Å². The minimum atomic E-state index is -1.23. The highest BCUT2D eigenvalue weighted by atomic mass is 32.1. The van der Waals surface area contributed by atoms with E-state index in [0.717, 1.165) is 21.8 Å². The minimum Gasteiger partial charge on any atom is -0.457 e. The molecule has 1 aromatic heterocycles. The van der Waals surface area contributed by atoms with Crippen LogP contribution in [0.1, 0.15) is 71.5 Å². The molecule has 1 aliphatic rings. The highest BCUT2D eigenvalue weighted by molar-refractivity contribution is 7.09. The Balaban J connectivity index is 2.37. The van der Waals surface area contributed by atoms with Gasteiger partial charge in [0.2, 0.25) is 0 Å². The van der Waals surface area contributed by atoms with Crippen molar-refractivity contribution >= 4 is 29.2 Å². The number of ether oxygens (including phenoxy) is 1. The molecular formula is C27H39NO5S. The Morgan fingerprint density at radius 1 is 1.24 bits per heavy atom. The van der Waals surface area contributed by atoms with Gasteiger partial charge in [-0.3, -0.25) is 9.59 Å². The average molecular weight is 490 g/mol. The van der Waals surface area contributed by atoms with Crippen LogP contribution < -0.4 is 0 Å². The number of esters is 1. The number of ketones is 1. The Hall–Kier alpha value is -2.09. The predicted molar refractivity (Wildman–Crippen MR) is 136 cm³/mol. The van der Waals surface area contributed by atoms with Crippen molar-refractivity contribution in [1.82, 2.24) is 4.98 Å². The van der Waals surface area contributed by atoms with E-state index in [4.69, 9.17) is 4.74 Å². The summed E-state index contributed by atoms with van der Waals surface area (Å²) in [6, 6.07) is 0. The lowest BCUT2D eigenvalue weighted by molar-refractivity contribution is -0.154. The molecule has 2 rings (SSSR count). The van der Waals surface area contributed by atoms with E-state index >= 15 is 0 Å². The van der Waals surface area contributed by atoms with E-state index in [-0.39, 0.29) is 18.1 Å². The van der Waals surface area contributed by atoms with Gasteiger partial charge < -0.3 is 14.9 Å². The molecule has 0 amide bonds. The van der Waals surface area contributed by atoms with Crippen LogP contribution in [0, 0.1) is 24.2 Å². The quantitative estimate of drug-likeness (QED) is 0.446. The number of thiazole rings is 1. The fourth-order valence-corrected chi connectivity index (χ4v) is 4.62. The third kappa shape index (κ3) is 7.45. The number of Topliss-reactive ketones (excluding diaryl/α,β-unsaturated/α-hetero) is 1. The number of aliphatic hydroxyl groups excluding tert-OH is 2. The smallest absolute Gasteiger partial charge is 0.309 e. The number of allylic oxidation sites excluding steroid dienone is 2. The molecule has 7 heteroatoms. The van der Waals surface area contributed by atoms with Crippen LogP contribution in [0.4, 0.5) is 0 Å². The van der Waals surface area contributed by atoms with Crippen LogP contribution in [0.3, 0.4) is 0 Å². The zero-order valence-electron chi connectivity index (χ0n) is 21.4. The number of carbonyl (C=O) groups excluding carboxylic acids is 2. The van der Waals surface area contributed by atoms with Crippen LogP contribution in [0.2, 0.25) is 0 Å². The number of carbonyl (C=O) groups is 2. The van der Waals surface area contributed by atoms with Crippen LogP contribution in [0.25, 0.3) is 6.08 Å². The summed E-state index contributed by atoms with van der Waals surface area (Å²) in [5.41, 5.74) is 1.57. The minimum absolute atomic E-state index is 0.225. The molecule has 0 radical (unpaired) electrons. The van der Waals surface area contributed by atoms with Gasteiger partial charge in [0.15, 0.2) is 0 Å². The maximum Gasteiger partial charge on any atom is 0.309 e. The second-order valence-electron chi connectivity index (χ2n) is 10.0. The van der Waals surface area contributed by atoms with Crippen molar-refractivity contribution in [2.45, 2.75) is 86.0 Å². The lowest BCUT2D eigenvalue weighted by Gasteiger charge is -2.34. The average Bonchev–Trinajstić information content (AvgIpc) is 3.18. The lowest BCUT2D eigenvalue weighted by Crippen LogP contribution is -2.45. The number of hydrogen-bond acceptors (Lipinski definition) is 7. The van der Waals surface area contributed by atoms with Gasteiger partial charge in [0, 0.05) is 23.6 Å². The Morgan fingerprint density at radius 2 is 1.91 bits per heavy atom. The van der Waals surface area contributed by atoms with Crippen LogP contribution in [-0.2, 0) is 14.3 Å². The molecule has 0 saturated carbocycles. The number of nitrogens with zero attached hydrogens (tertiary/aromatic N) is 1. The van der Waals surface area contributed by atoms with Gasteiger partial charge in [-0.1, -0.05) is 51.5 Å². The molecule has 6 nitrogen and oxygen atoms in total. The molecule has 5 atom stereocenters. The second-order valence-corrected chi connectivity index (χ2v) is 11.1. The second kappa shape index (κ2) is 12.0. The number of rotatable bonds is 2. The first-order valence-electron chi connectivity index (χ1n) is 11.9. The van der Waals surface area contributed by atoms with Gasteiger partial charge in [-0.2, -0.15) is 0 Å². The van der Waals surface area contributed by atoms with Gasteiger partial charge in [0.25, 0.3) is 0 Å². The Morgan fingerprint density at radius 3 is 2.53 bits per heavy atom. The van der Waals surface area contributed by atoms with Crippen molar-refractivity contribution in [2.75, 3.05) is 0 Å². The molecule has 2 heterocycles. The maximum absolute atomic E-state index is 13.1. The summed E-state index contributed by atoms with van der Waals surface area (Å²) in [5, 5.41) is 24.4. The first kappa shape index (κ1) is 28.1. The van der Waals surface area contributed by atoms with Crippen LogP contribution in [0.15, 0.2) is 34.8 Å². The molecule has 1 aromatic rings. The molecular weight excluding hydrogens is 450 g/mol. The summed E-state index contributed by atoms with van der Waals surface area (Å²) in [6.45, 7) is 12.6. The summed E-state index contributed by atoms with van der Waals surface area (Å²) in [4.78, 5) is 30.4. The molecule has 1 aliphatic heterocycles. The summed E-state index contributed by atoms with van der Waals surface area (Å²) in [7, 11) is 0. The molecule has 0 bridgehead atoms. The van der Waals surface area contributed by atoms with E-state index in [1.165, 1.54) is 0 Å². The van der Waals surface area contributed by atoms with Gasteiger partial charge in [0.05, 0.1) is 34.7 Å². The van der Waals surface area contributed by atoms with Crippen LogP contribution >= 0.6 is 11.3 Å². The first-order chi connectivity index (χ1) is 15.8. The largest absolute Gasteiger partial charge is 0.457 e. The predicted octanol–water partition coefficient (Wildman–Crippen LogP) is 5.04. The Labute approximate surface area is 207 Å². The summed E-state index contributed by atoms with van der Waals surface area (Å²) in [6.07, 6.45) is 6.13. The topological polar surface area (TPSA) is 96.7 Å². The summed E-state index contributed by atoms with van der Waals surface area (Å²) < 4.78 is 5.79. The molecule has 0 spiro atoms. The van der Waals surface area contributed by atoms with E-state index < -0.39 is 35.6 Å². The number of hydrogen-bond donors (Lipinski definition) is 2. The Kier molecular flexibility index (Phi) is 9.97. The normalized spacial score (nSPS) is 32.6. The number of cyclic esters (lactones) is 1. The van der Waals surface area contributed by atoms with Crippen molar-refractivity contribution in [1.29, 1.82) is 0 Å². The van der Waals surface area contributed by atoms with Crippen LogP contribution in [0.5, 0.6) is 0 Å². The molecule has 0 aliphatic carbocycles. The third-order valence-electron chi connectivity index (χ3n) is 6.65. The van der Waals surface area contributed by atoms with E-state index in [9.17, 15) is 19.8 Å². The van der Waals surface area contributed by atoms with Crippen molar-refractivity contribution in [3.8, 4) is 0 Å². The zero-order chi connectivity index (χ0) is 25.6. The van der Waals surface area contributed by atoms with E-state index in [1.807, 2.05) is 57.4 Å². The van der Waals surface area contributed by atoms with Gasteiger partial charge in [0.1, 0.15) is 11.9 Å². The van der Waals surface area contributed by atoms with Crippen molar-refractivity contribution < 1.29 is 24.5 Å². The molecule has 188 valence electrons. The van der Waals surface area contributed by atoms with Gasteiger partial charge >= 0.3 is 5.97 Å². The van der Waals surface area contributed by atoms with E-state index in [1.54, 1.807) is 32.1 Å². The van der Waals surface area contributed by atoms with Crippen molar-refractivity contribution in [2.24, 2.45) is 17.3 Å². The fourth-order valence-electron chi connectivity index (χ4n) is 4.05. The zero-order valence-corrected chi connectivity index (χ0v) is 22.2. The summed E-state index contributed by atoms with van der Waals surface area (Å²) >= 11 is 1.56. The van der Waals surface area contributed by atoms with Gasteiger partial charge in [-0.25, -0.2) is 4.98 Å². The first-order valence-corrected chi connectivity index (χ1v) is 12.7. The van der Waals surface area contributed by atoms with E-state index in [0.29, 0.717) is 12.8 Å². The molecule has 2 N–H and O–H groups in total. The van der Waals surface area contributed by atoms with Gasteiger partial charge in [-0.05, 0) is 38.8 Å². The maximum atomic E-state index is 13.1. The highest BCUT2D eigenvalue weighted by Gasteiger charge is 2.42. The third-order valence-corrected chi connectivity index (χ3v) is 7.44. The Bertz CT molecular complexity index is 958. The molecule has 0 aromatic carbocycles. The number of aliphatic hydroxyl groups is 2. The summed E-state index contributed by atoms with van der Waals surface area (Å²) in [5.74, 6) is -1.77. The number of aromatic nitrogens is 1. The monoisotopic (exact) mass is 489 g/mol. The van der Waals surface area contributed by atoms with E-state index in [2.05, 4.69) is 4.98 Å². The molecule has 34 heavy (non-hydrogen) atoms. The van der Waals surface area contributed by atoms with Crippen molar-refractivity contribution in [3.63, 3.8) is 0 Å². The standard InChI is InChI=1S/C27H39NO5S/c1-16-9-8-10-17(2)25(31)19(4)26(32)27(6,7)23(29)14-24(30)33-22(12-11-16)18(3)13-21-15-34-20(5)28-21/h8,10-11,13,15,17,19,22-23,25,29,31H,9,12,14H2,1-7H3/b10-8-,16-11-,18-13+/t17-,19+,22?,23-,25-/m0/s1.